The maximum absolute atomic E-state index is 10.8. The number of anilines is 2. The van der Waals surface area contributed by atoms with Gasteiger partial charge in [-0.3, -0.25) is 4.79 Å². The minimum Gasteiger partial charge on any atom is -0.469 e. The fourth-order valence-corrected chi connectivity index (χ4v) is 1.17. The molecule has 3 N–H and O–H groups in total. The van der Waals surface area contributed by atoms with Crippen molar-refractivity contribution in [2.45, 2.75) is 13.3 Å². The van der Waals surface area contributed by atoms with Crippen molar-refractivity contribution >= 4 is 17.5 Å². The van der Waals surface area contributed by atoms with E-state index in [1.165, 1.54) is 7.11 Å². The number of aryl methyl sites for hydroxylation is 1. The summed E-state index contributed by atoms with van der Waals surface area (Å²) in [6.07, 6.45) is 1.90. The number of rotatable bonds is 4. The van der Waals surface area contributed by atoms with Crippen molar-refractivity contribution in [3.05, 3.63) is 17.8 Å². The molecular weight excluding hydrogens is 194 g/mol. The van der Waals surface area contributed by atoms with E-state index in [1.54, 1.807) is 6.20 Å². The molecule has 0 bridgehead atoms. The number of carbonyl (C=O) groups excluding carboxylic acids is 1. The Hall–Kier alpha value is -1.78. The number of ether oxygens (including phenoxy) is 1. The van der Waals surface area contributed by atoms with Crippen LogP contribution in [0.3, 0.4) is 0 Å². The highest BCUT2D eigenvalue weighted by atomic mass is 16.5. The Morgan fingerprint density at radius 3 is 3.00 bits per heavy atom. The molecule has 1 aromatic rings. The Bertz CT molecular complexity index is 353. The number of hydrogen-bond acceptors (Lipinski definition) is 5. The predicted molar refractivity (Wildman–Crippen MR) is 58.5 cm³/mol. The zero-order valence-electron chi connectivity index (χ0n) is 8.91. The fraction of sp³-hybridized carbons (Fsp3) is 0.400. The molecule has 0 amide bonds. The zero-order valence-corrected chi connectivity index (χ0v) is 8.91. The summed E-state index contributed by atoms with van der Waals surface area (Å²) in [5, 5.41) is 3.04. The molecule has 1 rings (SSSR count). The molecule has 1 heterocycles. The highest BCUT2D eigenvalue weighted by Gasteiger charge is 2.02. The summed E-state index contributed by atoms with van der Waals surface area (Å²) in [6, 6.07) is 1.83. The first-order chi connectivity index (χ1) is 7.13. The Morgan fingerprint density at radius 1 is 1.67 bits per heavy atom. The third-order valence-corrected chi connectivity index (χ3v) is 1.95. The van der Waals surface area contributed by atoms with Gasteiger partial charge in [-0.25, -0.2) is 4.98 Å². The number of esters is 1. The lowest BCUT2D eigenvalue weighted by Gasteiger charge is -2.07. The summed E-state index contributed by atoms with van der Waals surface area (Å²) >= 11 is 0. The third kappa shape index (κ3) is 3.46. The van der Waals surface area contributed by atoms with Crippen molar-refractivity contribution in [3.8, 4) is 0 Å². The van der Waals surface area contributed by atoms with Gasteiger partial charge in [-0.05, 0) is 18.6 Å². The molecule has 15 heavy (non-hydrogen) atoms. The first-order valence-electron chi connectivity index (χ1n) is 4.66. The fourth-order valence-electron chi connectivity index (χ4n) is 1.17. The first kappa shape index (κ1) is 11.3. The van der Waals surface area contributed by atoms with Crippen LogP contribution in [0.25, 0.3) is 0 Å². The van der Waals surface area contributed by atoms with Gasteiger partial charge in [-0.1, -0.05) is 0 Å². The lowest BCUT2D eigenvalue weighted by atomic mass is 10.2. The number of nitrogens with one attached hydrogen (secondary N) is 1. The molecule has 0 aliphatic heterocycles. The van der Waals surface area contributed by atoms with Crippen LogP contribution in [0.5, 0.6) is 0 Å². The Labute approximate surface area is 88.6 Å². The molecule has 0 unspecified atom stereocenters. The minimum atomic E-state index is -0.240. The lowest BCUT2D eigenvalue weighted by Crippen LogP contribution is -2.11. The van der Waals surface area contributed by atoms with Crippen molar-refractivity contribution < 1.29 is 9.53 Å². The third-order valence-electron chi connectivity index (χ3n) is 1.95. The monoisotopic (exact) mass is 209 g/mol. The van der Waals surface area contributed by atoms with Gasteiger partial charge >= 0.3 is 5.97 Å². The van der Waals surface area contributed by atoms with Crippen molar-refractivity contribution in [1.29, 1.82) is 0 Å². The molecule has 0 spiro atoms. The predicted octanol–water partition coefficient (Wildman–Crippen LogP) is 0.947. The van der Waals surface area contributed by atoms with Crippen LogP contribution >= 0.6 is 0 Å². The zero-order chi connectivity index (χ0) is 11.3. The number of carbonyl (C=O) groups is 1. The molecule has 0 aromatic carbocycles. The molecule has 0 saturated heterocycles. The summed E-state index contributed by atoms with van der Waals surface area (Å²) in [5.41, 5.74) is 7.15. The number of nitrogen functional groups attached to an aromatic ring is 1. The number of aromatic nitrogens is 1. The molecule has 5 nitrogen and oxygen atoms in total. The SMILES string of the molecule is COC(=O)CCNc1ncc(N)cc1C. The summed E-state index contributed by atoms with van der Waals surface area (Å²) < 4.78 is 4.52. The van der Waals surface area contributed by atoms with E-state index in [-0.39, 0.29) is 5.97 Å². The molecule has 82 valence electrons. The summed E-state index contributed by atoms with van der Waals surface area (Å²) in [7, 11) is 1.37. The minimum absolute atomic E-state index is 0.240. The van der Waals surface area contributed by atoms with Crippen LogP contribution in [0.4, 0.5) is 11.5 Å². The van der Waals surface area contributed by atoms with E-state index >= 15 is 0 Å². The second-order valence-electron chi connectivity index (χ2n) is 3.19. The highest BCUT2D eigenvalue weighted by molar-refractivity contribution is 5.69. The van der Waals surface area contributed by atoms with Gasteiger partial charge in [0.1, 0.15) is 5.82 Å². The van der Waals surface area contributed by atoms with Crippen LogP contribution < -0.4 is 11.1 Å². The van der Waals surface area contributed by atoms with Gasteiger partial charge in [0.05, 0.1) is 25.4 Å². The number of hydrogen-bond donors (Lipinski definition) is 2. The van der Waals surface area contributed by atoms with Gasteiger partial charge in [0.2, 0.25) is 0 Å². The van der Waals surface area contributed by atoms with Gasteiger partial charge in [-0.2, -0.15) is 0 Å². The maximum Gasteiger partial charge on any atom is 0.307 e. The standard InChI is InChI=1S/C10H15N3O2/c1-7-5-8(11)6-13-10(7)12-4-3-9(14)15-2/h5-6H,3-4,11H2,1-2H3,(H,12,13). The quantitative estimate of drug-likeness (QED) is 0.722. The summed E-state index contributed by atoms with van der Waals surface area (Å²) in [4.78, 5) is 15.0. The molecule has 0 fully saturated rings. The Balaban J connectivity index is 2.47. The maximum atomic E-state index is 10.8. The average molecular weight is 209 g/mol. The largest absolute Gasteiger partial charge is 0.469 e. The van der Waals surface area contributed by atoms with E-state index in [0.717, 1.165) is 11.4 Å². The second kappa shape index (κ2) is 5.19. The van der Waals surface area contributed by atoms with Crippen molar-refractivity contribution in [3.63, 3.8) is 0 Å². The van der Waals surface area contributed by atoms with Crippen LogP contribution in [0.2, 0.25) is 0 Å². The molecule has 0 aliphatic carbocycles. The molecule has 0 aliphatic rings. The van der Waals surface area contributed by atoms with Crippen molar-refractivity contribution in [2.24, 2.45) is 0 Å². The van der Waals surface area contributed by atoms with Gasteiger partial charge in [0.25, 0.3) is 0 Å². The molecule has 0 radical (unpaired) electrons. The molecular formula is C10H15N3O2. The Morgan fingerprint density at radius 2 is 2.40 bits per heavy atom. The highest BCUT2D eigenvalue weighted by Crippen LogP contribution is 2.13. The molecule has 5 heteroatoms. The normalized spacial score (nSPS) is 9.73. The number of methoxy groups -OCH3 is 1. The van der Waals surface area contributed by atoms with Crippen LogP contribution in [-0.4, -0.2) is 24.6 Å². The number of pyridine rings is 1. The van der Waals surface area contributed by atoms with E-state index in [9.17, 15) is 4.79 Å². The topological polar surface area (TPSA) is 77.2 Å². The number of nitrogens with two attached hydrogens (primary N) is 1. The number of nitrogens with zero attached hydrogens (tertiary/aromatic N) is 1. The van der Waals surface area contributed by atoms with Gasteiger partial charge in [0, 0.05) is 6.54 Å². The average Bonchev–Trinajstić information content (AvgIpc) is 2.21. The van der Waals surface area contributed by atoms with Gasteiger partial charge in [0.15, 0.2) is 0 Å². The smallest absolute Gasteiger partial charge is 0.307 e. The van der Waals surface area contributed by atoms with E-state index in [2.05, 4.69) is 15.0 Å². The first-order valence-corrected chi connectivity index (χ1v) is 4.66. The van der Waals surface area contributed by atoms with Gasteiger partial charge in [-0.15, -0.1) is 0 Å². The van der Waals surface area contributed by atoms with E-state index in [4.69, 9.17) is 5.73 Å². The molecule has 0 atom stereocenters. The summed E-state index contributed by atoms with van der Waals surface area (Å²) in [6.45, 7) is 2.41. The van der Waals surface area contributed by atoms with Gasteiger partial charge < -0.3 is 15.8 Å². The second-order valence-corrected chi connectivity index (χ2v) is 3.19. The lowest BCUT2D eigenvalue weighted by molar-refractivity contribution is -0.140. The van der Waals surface area contributed by atoms with E-state index in [0.29, 0.717) is 18.7 Å². The molecule has 1 aromatic heterocycles. The van der Waals surface area contributed by atoms with Crippen LogP contribution in [0.1, 0.15) is 12.0 Å². The van der Waals surface area contributed by atoms with E-state index in [1.807, 2.05) is 13.0 Å². The van der Waals surface area contributed by atoms with Crippen molar-refractivity contribution in [1.82, 2.24) is 4.98 Å². The van der Waals surface area contributed by atoms with Crippen LogP contribution in [-0.2, 0) is 9.53 Å². The molecule has 0 saturated carbocycles. The Kier molecular flexibility index (Phi) is 3.91. The van der Waals surface area contributed by atoms with Crippen LogP contribution in [0.15, 0.2) is 12.3 Å². The summed E-state index contributed by atoms with van der Waals surface area (Å²) in [5.74, 6) is 0.503. The van der Waals surface area contributed by atoms with Crippen molar-refractivity contribution in [2.75, 3.05) is 24.7 Å². The van der Waals surface area contributed by atoms with E-state index < -0.39 is 0 Å². The van der Waals surface area contributed by atoms with Crippen LogP contribution in [0, 0.1) is 6.92 Å².